The summed E-state index contributed by atoms with van der Waals surface area (Å²) in [4.78, 5) is 6.13. The molecule has 0 amide bonds. The average molecular weight is 354 g/mol. The lowest BCUT2D eigenvalue weighted by Gasteiger charge is -2.10. The number of ether oxygens (including phenoxy) is 2. The predicted octanol–water partition coefficient (Wildman–Crippen LogP) is 5.52. The summed E-state index contributed by atoms with van der Waals surface area (Å²) in [5, 5.41) is 4.24. The number of nitrogens with zero attached hydrogens (tertiary/aromatic N) is 1. The maximum Gasteiger partial charge on any atom is 0.188 e. The molecular formula is C20H22N2O2S. The molecule has 3 aromatic rings. The van der Waals surface area contributed by atoms with Crippen LogP contribution in [0.3, 0.4) is 0 Å². The third kappa shape index (κ3) is 3.94. The first kappa shape index (κ1) is 17.3. The molecule has 0 bridgehead atoms. The third-order valence-electron chi connectivity index (χ3n) is 3.87. The first-order chi connectivity index (χ1) is 12.2. The molecule has 1 heterocycles. The predicted molar refractivity (Wildman–Crippen MR) is 104 cm³/mol. The van der Waals surface area contributed by atoms with Crippen molar-refractivity contribution >= 4 is 22.2 Å². The molecule has 0 fully saturated rings. The SMILES string of the molecule is CCCc1sc(Nc2cc(OC)ccc2OC)nc1-c1ccccc1. The molecule has 1 N–H and O–H groups in total. The van der Waals surface area contributed by atoms with Crippen LogP contribution >= 0.6 is 11.3 Å². The molecule has 4 nitrogen and oxygen atoms in total. The van der Waals surface area contributed by atoms with Crippen LogP contribution in [0.2, 0.25) is 0 Å². The normalized spacial score (nSPS) is 10.5. The molecule has 0 saturated heterocycles. The summed E-state index contributed by atoms with van der Waals surface area (Å²) >= 11 is 1.69. The van der Waals surface area contributed by atoms with Crippen LogP contribution in [0, 0.1) is 0 Å². The number of rotatable bonds is 7. The zero-order chi connectivity index (χ0) is 17.6. The van der Waals surface area contributed by atoms with Crippen molar-refractivity contribution in [1.29, 1.82) is 0 Å². The van der Waals surface area contributed by atoms with Gasteiger partial charge in [0.15, 0.2) is 5.13 Å². The number of benzene rings is 2. The first-order valence-corrected chi connectivity index (χ1v) is 9.11. The zero-order valence-electron chi connectivity index (χ0n) is 14.7. The van der Waals surface area contributed by atoms with E-state index in [4.69, 9.17) is 14.5 Å². The molecule has 0 spiro atoms. The van der Waals surface area contributed by atoms with Crippen molar-refractivity contribution in [1.82, 2.24) is 4.98 Å². The Morgan fingerprint density at radius 3 is 2.52 bits per heavy atom. The summed E-state index contributed by atoms with van der Waals surface area (Å²) in [5.74, 6) is 1.53. The number of methoxy groups -OCH3 is 2. The largest absolute Gasteiger partial charge is 0.497 e. The van der Waals surface area contributed by atoms with Crippen molar-refractivity contribution in [3.05, 3.63) is 53.4 Å². The van der Waals surface area contributed by atoms with E-state index in [9.17, 15) is 0 Å². The number of hydrogen-bond donors (Lipinski definition) is 1. The van der Waals surface area contributed by atoms with Crippen LogP contribution in [0.25, 0.3) is 11.3 Å². The fourth-order valence-corrected chi connectivity index (χ4v) is 3.75. The second-order valence-corrected chi connectivity index (χ2v) is 6.68. The molecule has 0 radical (unpaired) electrons. The van der Waals surface area contributed by atoms with E-state index in [1.54, 1.807) is 25.6 Å². The molecule has 2 aromatic carbocycles. The summed E-state index contributed by atoms with van der Waals surface area (Å²) in [6.45, 7) is 2.19. The lowest BCUT2D eigenvalue weighted by atomic mass is 10.1. The van der Waals surface area contributed by atoms with Crippen LogP contribution in [0.15, 0.2) is 48.5 Å². The second kappa shape index (κ2) is 8.03. The Labute approximate surface area is 152 Å². The van der Waals surface area contributed by atoms with Gasteiger partial charge in [-0.15, -0.1) is 11.3 Å². The van der Waals surface area contributed by atoms with Crippen LogP contribution in [-0.2, 0) is 6.42 Å². The van der Waals surface area contributed by atoms with Crippen LogP contribution in [-0.4, -0.2) is 19.2 Å². The number of aromatic nitrogens is 1. The highest BCUT2D eigenvalue weighted by Gasteiger charge is 2.14. The molecular weight excluding hydrogens is 332 g/mol. The summed E-state index contributed by atoms with van der Waals surface area (Å²) in [5.41, 5.74) is 3.04. The Morgan fingerprint density at radius 2 is 1.84 bits per heavy atom. The van der Waals surface area contributed by atoms with Crippen molar-refractivity contribution in [2.45, 2.75) is 19.8 Å². The minimum Gasteiger partial charge on any atom is -0.497 e. The number of nitrogens with one attached hydrogen (secondary N) is 1. The Kier molecular flexibility index (Phi) is 5.56. The minimum atomic E-state index is 0.759. The first-order valence-electron chi connectivity index (χ1n) is 8.29. The molecule has 0 aliphatic heterocycles. The van der Waals surface area contributed by atoms with Crippen molar-refractivity contribution in [3.63, 3.8) is 0 Å². The lowest BCUT2D eigenvalue weighted by Crippen LogP contribution is -1.95. The number of anilines is 2. The quantitative estimate of drug-likeness (QED) is 0.606. The van der Waals surface area contributed by atoms with Crippen LogP contribution in [0.5, 0.6) is 11.5 Å². The van der Waals surface area contributed by atoms with E-state index >= 15 is 0 Å². The van der Waals surface area contributed by atoms with Gasteiger partial charge in [-0.25, -0.2) is 4.98 Å². The Morgan fingerprint density at radius 1 is 1.04 bits per heavy atom. The van der Waals surface area contributed by atoms with E-state index in [1.165, 1.54) is 4.88 Å². The fraction of sp³-hybridized carbons (Fsp3) is 0.250. The molecule has 3 rings (SSSR count). The van der Waals surface area contributed by atoms with Gasteiger partial charge in [-0.3, -0.25) is 0 Å². The Bertz CT molecular complexity index is 831. The van der Waals surface area contributed by atoms with Gasteiger partial charge in [0, 0.05) is 16.5 Å². The smallest absolute Gasteiger partial charge is 0.188 e. The van der Waals surface area contributed by atoms with Gasteiger partial charge in [-0.1, -0.05) is 43.7 Å². The molecule has 130 valence electrons. The number of thiazole rings is 1. The van der Waals surface area contributed by atoms with E-state index in [0.29, 0.717) is 0 Å². The van der Waals surface area contributed by atoms with Crippen molar-refractivity contribution in [3.8, 4) is 22.8 Å². The van der Waals surface area contributed by atoms with E-state index < -0.39 is 0 Å². The highest BCUT2D eigenvalue weighted by molar-refractivity contribution is 7.16. The molecule has 0 aliphatic rings. The fourth-order valence-electron chi connectivity index (χ4n) is 2.65. The zero-order valence-corrected chi connectivity index (χ0v) is 15.5. The molecule has 25 heavy (non-hydrogen) atoms. The molecule has 0 unspecified atom stereocenters. The van der Waals surface area contributed by atoms with Crippen molar-refractivity contribution in [2.75, 3.05) is 19.5 Å². The highest BCUT2D eigenvalue weighted by atomic mass is 32.1. The summed E-state index contributed by atoms with van der Waals surface area (Å²) in [6, 6.07) is 16.0. The monoisotopic (exact) mass is 354 g/mol. The van der Waals surface area contributed by atoms with Crippen LogP contribution in [0.4, 0.5) is 10.8 Å². The number of aryl methyl sites for hydroxylation is 1. The third-order valence-corrected chi connectivity index (χ3v) is 4.90. The second-order valence-electron chi connectivity index (χ2n) is 5.60. The van der Waals surface area contributed by atoms with Gasteiger partial charge >= 0.3 is 0 Å². The summed E-state index contributed by atoms with van der Waals surface area (Å²) in [7, 11) is 3.31. The lowest BCUT2D eigenvalue weighted by molar-refractivity contribution is 0.405. The topological polar surface area (TPSA) is 43.4 Å². The van der Waals surface area contributed by atoms with E-state index in [2.05, 4.69) is 24.4 Å². The molecule has 0 aliphatic carbocycles. The molecule has 0 saturated carbocycles. The van der Waals surface area contributed by atoms with Crippen LogP contribution in [0.1, 0.15) is 18.2 Å². The van der Waals surface area contributed by atoms with Gasteiger partial charge in [-0.2, -0.15) is 0 Å². The van der Waals surface area contributed by atoms with Gasteiger partial charge in [-0.05, 0) is 18.6 Å². The Hall–Kier alpha value is -2.53. The highest BCUT2D eigenvalue weighted by Crippen LogP contribution is 2.36. The molecule has 1 aromatic heterocycles. The van der Waals surface area contributed by atoms with Gasteiger partial charge in [0.05, 0.1) is 25.6 Å². The molecule has 5 heteroatoms. The van der Waals surface area contributed by atoms with E-state index in [1.807, 2.05) is 36.4 Å². The van der Waals surface area contributed by atoms with Gasteiger partial charge in [0.25, 0.3) is 0 Å². The van der Waals surface area contributed by atoms with Crippen LogP contribution < -0.4 is 14.8 Å². The van der Waals surface area contributed by atoms with Gasteiger partial charge in [0.1, 0.15) is 11.5 Å². The maximum atomic E-state index is 5.45. The minimum absolute atomic E-state index is 0.759. The van der Waals surface area contributed by atoms with Gasteiger partial charge in [0.2, 0.25) is 0 Å². The molecule has 0 atom stereocenters. The summed E-state index contributed by atoms with van der Waals surface area (Å²) in [6.07, 6.45) is 2.10. The maximum absolute atomic E-state index is 5.45. The average Bonchev–Trinajstić information content (AvgIpc) is 3.05. The van der Waals surface area contributed by atoms with E-state index in [0.717, 1.165) is 46.4 Å². The van der Waals surface area contributed by atoms with Gasteiger partial charge < -0.3 is 14.8 Å². The van der Waals surface area contributed by atoms with E-state index in [-0.39, 0.29) is 0 Å². The Balaban J connectivity index is 1.96. The standard InChI is InChI=1S/C20H22N2O2S/c1-4-8-18-19(14-9-6-5-7-10-14)22-20(25-18)21-16-13-15(23-2)11-12-17(16)24-3/h5-7,9-13H,4,8H2,1-3H3,(H,21,22). The summed E-state index contributed by atoms with van der Waals surface area (Å²) < 4.78 is 10.8. The van der Waals surface area contributed by atoms with Crippen molar-refractivity contribution in [2.24, 2.45) is 0 Å². The number of hydrogen-bond acceptors (Lipinski definition) is 5. The van der Waals surface area contributed by atoms with Crippen molar-refractivity contribution < 1.29 is 9.47 Å².